The summed E-state index contributed by atoms with van der Waals surface area (Å²) >= 11 is 2.95. The zero-order chi connectivity index (χ0) is 16.2. The molecular formula is C15H16N4O2S2. The first-order chi connectivity index (χ1) is 11.2. The number of thioether (sulfide) groups is 1. The fraction of sp³-hybridized carbons (Fsp3) is 0.333. The van der Waals surface area contributed by atoms with Gasteiger partial charge in [0.2, 0.25) is 5.89 Å². The van der Waals surface area contributed by atoms with Crippen LogP contribution in [-0.4, -0.2) is 20.2 Å². The molecule has 0 aliphatic heterocycles. The van der Waals surface area contributed by atoms with Crippen molar-refractivity contribution < 1.29 is 4.42 Å². The maximum absolute atomic E-state index is 11.7. The summed E-state index contributed by atoms with van der Waals surface area (Å²) in [5, 5.41) is 10.6. The first-order valence-electron chi connectivity index (χ1n) is 7.30. The molecule has 0 saturated carbocycles. The van der Waals surface area contributed by atoms with Crippen molar-refractivity contribution in [3.8, 4) is 10.8 Å². The molecule has 0 aliphatic carbocycles. The van der Waals surface area contributed by atoms with Gasteiger partial charge < -0.3 is 9.40 Å². The lowest BCUT2D eigenvalue weighted by Crippen LogP contribution is -2.10. The Kier molecular flexibility index (Phi) is 4.92. The molecule has 3 rings (SSSR count). The summed E-state index contributed by atoms with van der Waals surface area (Å²) in [7, 11) is 0. The predicted octanol–water partition coefficient (Wildman–Crippen LogP) is 3.69. The number of hydrogen-bond donors (Lipinski definition) is 1. The Balaban J connectivity index is 1.77. The Hall–Kier alpha value is -1.93. The van der Waals surface area contributed by atoms with Crippen molar-refractivity contribution in [3.05, 3.63) is 45.5 Å². The molecule has 1 unspecified atom stereocenters. The van der Waals surface area contributed by atoms with Gasteiger partial charge in [0, 0.05) is 11.8 Å². The number of nitrogens with one attached hydrogen (secondary N) is 1. The average Bonchev–Trinajstić information content (AvgIpc) is 3.18. The second-order valence-electron chi connectivity index (χ2n) is 4.97. The zero-order valence-electron chi connectivity index (χ0n) is 12.8. The van der Waals surface area contributed by atoms with Gasteiger partial charge in [-0.2, -0.15) is 0 Å². The fourth-order valence-corrected chi connectivity index (χ4v) is 3.54. The van der Waals surface area contributed by atoms with Crippen LogP contribution in [0, 0.1) is 0 Å². The fourth-order valence-electron chi connectivity index (χ4n) is 2.04. The van der Waals surface area contributed by atoms with Gasteiger partial charge in [0.1, 0.15) is 0 Å². The van der Waals surface area contributed by atoms with Gasteiger partial charge in [-0.05, 0) is 24.8 Å². The Bertz CT molecular complexity index is 826. The van der Waals surface area contributed by atoms with Crippen molar-refractivity contribution in [2.24, 2.45) is 0 Å². The zero-order valence-corrected chi connectivity index (χ0v) is 14.4. The SMILES string of the molecule is CCCc1cc(=O)[nH]c(SC(C)c2nnc(-c3cccs3)o2)n1. The number of aryl methyl sites for hydroxylation is 1. The Labute approximate surface area is 141 Å². The van der Waals surface area contributed by atoms with E-state index in [2.05, 4.69) is 27.1 Å². The Morgan fingerprint density at radius 2 is 2.30 bits per heavy atom. The number of H-pyrrole nitrogens is 1. The van der Waals surface area contributed by atoms with Gasteiger partial charge >= 0.3 is 0 Å². The minimum Gasteiger partial charge on any atom is -0.419 e. The summed E-state index contributed by atoms with van der Waals surface area (Å²) in [6.07, 6.45) is 1.74. The molecule has 0 bridgehead atoms. The highest BCUT2D eigenvalue weighted by molar-refractivity contribution is 7.99. The van der Waals surface area contributed by atoms with Crippen LogP contribution in [0.15, 0.2) is 37.9 Å². The van der Waals surface area contributed by atoms with Crippen molar-refractivity contribution in [2.45, 2.75) is 37.1 Å². The van der Waals surface area contributed by atoms with E-state index in [-0.39, 0.29) is 10.8 Å². The largest absolute Gasteiger partial charge is 0.419 e. The number of rotatable bonds is 6. The molecule has 1 atom stereocenters. The monoisotopic (exact) mass is 348 g/mol. The van der Waals surface area contributed by atoms with E-state index in [1.54, 1.807) is 17.4 Å². The molecular weight excluding hydrogens is 332 g/mol. The van der Waals surface area contributed by atoms with E-state index in [1.807, 2.05) is 24.4 Å². The molecule has 3 heterocycles. The second kappa shape index (κ2) is 7.10. The molecule has 3 aromatic heterocycles. The Morgan fingerprint density at radius 1 is 1.43 bits per heavy atom. The van der Waals surface area contributed by atoms with Crippen molar-refractivity contribution >= 4 is 23.1 Å². The van der Waals surface area contributed by atoms with Crippen LogP contribution in [0.5, 0.6) is 0 Å². The highest BCUT2D eigenvalue weighted by atomic mass is 32.2. The second-order valence-corrected chi connectivity index (χ2v) is 7.25. The first-order valence-corrected chi connectivity index (χ1v) is 9.06. The maximum atomic E-state index is 11.7. The first kappa shape index (κ1) is 15.9. The number of nitrogens with zero attached hydrogens (tertiary/aromatic N) is 3. The van der Waals surface area contributed by atoms with E-state index >= 15 is 0 Å². The molecule has 0 amide bonds. The third-order valence-electron chi connectivity index (χ3n) is 3.09. The quantitative estimate of drug-likeness (QED) is 0.540. The van der Waals surface area contributed by atoms with Crippen molar-refractivity contribution in [1.82, 2.24) is 20.2 Å². The van der Waals surface area contributed by atoms with Gasteiger partial charge in [-0.3, -0.25) is 4.79 Å². The van der Waals surface area contributed by atoms with E-state index in [4.69, 9.17) is 4.42 Å². The molecule has 6 nitrogen and oxygen atoms in total. The maximum Gasteiger partial charge on any atom is 0.257 e. The van der Waals surface area contributed by atoms with Crippen molar-refractivity contribution in [2.75, 3.05) is 0 Å². The summed E-state index contributed by atoms with van der Waals surface area (Å²) in [5.41, 5.74) is 0.665. The topological polar surface area (TPSA) is 84.7 Å². The van der Waals surface area contributed by atoms with Crippen LogP contribution in [0.25, 0.3) is 10.8 Å². The molecule has 0 aliphatic rings. The van der Waals surface area contributed by atoms with Gasteiger partial charge in [0.15, 0.2) is 5.16 Å². The molecule has 0 aromatic carbocycles. The minimum atomic E-state index is -0.136. The van der Waals surface area contributed by atoms with Crippen LogP contribution >= 0.6 is 23.1 Å². The minimum absolute atomic E-state index is 0.101. The van der Waals surface area contributed by atoms with Gasteiger partial charge in [-0.15, -0.1) is 21.5 Å². The van der Waals surface area contributed by atoms with Crippen molar-refractivity contribution in [1.29, 1.82) is 0 Å². The van der Waals surface area contributed by atoms with Crippen LogP contribution in [-0.2, 0) is 6.42 Å². The number of aromatic nitrogens is 4. The summed E-state index contributed by atoms with van der Waals surface area (Å²) in [4.78, 5) is 19.9. The highest BCUT2D eigenvalue weighted by Gasteiger charge is 2.18. The average molecular weight is 348 g/mol. The smallest absolute Gasteiger partial charge is 0.257 e. The van der Waals surface area contributed by atoms with Gasteiger partial charge in [0.05, 0.1) is 10.1 Å². The van der Waals surface area contributed by atoms with E-state index in [1.165, 1.54) is 11.8 Å². The predicted molar refractivity (Wildman–Crippen MR) is 90.7 cm³/mol. The van der Waals surface area contributed by atoms with Gasteiger partial charge in [0.25, 0.3) is 11.4 Å². The molecule has 3 aromatic rings. The molecule has 0 spiro atoms. The van der Waals surface area contributed by atoms with Crippen LogP contribution in [0.2, 0.25) is 0 Å². The Morgan fingerprint density at radius 3 is 3.04 bits per heavy atom. The molecule has 1 N–H and O–H groups in total. The lowest BCUT2D eigenvalue weighted by atomic mass is 10.2. The summed E-state index contributed by atoms with van der Waals surface area (Å²) in [6, 6.07) is 5.42. The normalized spacial score (nSPS) is 12.4. The van der Waals surface area contributed by atoms with Crippen LogP contribution in [0.1, 0.15) is 37.1 Å². The molecule has 120 valence electrons. The third-order valence-corrected chi connectivity index (χ3v) is 4.92. The molecule has 8 heteroatoms. The lowest BCUT2D eigenvalue weighted by molar-refractivity contribution is 0.510. The van der Waals surface area contributed by atoms with E-state index < -0.39 is 0 Å². The van der Waals surface area contributed by atoms with Gasteiger partial charge in [-0.1, -0.05) is 31.2 Å². The number of aromatic amines is 1. The third kappa shape index (κ3) is 3.89. The highest BCUT2D eigenvalue weighted by Crippen LogP contribution is 2.33. The van der Waals surface area contributed by atoms with Crippen LogP contribution in [0.4, 0.5) is 0 Å². The number of hydrogen-bond acceptors (Lipinski definition) is 7. The van der Waals surface area contributed by atoms with E-state index in [9.17, 15) is 4.79 Å². The van der Waals surface area contributed by atoms with Crippen molar-refractivity contribution in [3.63, 3.8) is 0 Å². The van der Waals surface area contributed by atoms with Gasteiger partial charge in [-0.25, -0.2) is 4.98 Å². The standard InChI is InChI=1S/C15H16N4O2S2/c1-3-5-10-8-12(20)17-15(16-10)23-9(2)13-18-19-14(21-13)11-6-4-7-22-11/h4,6-9H,3,5H2,1-2H3,(H,16,17,20). The summed E-state index contributed by atoms with van der Waals surface area (Å²) < 4.78 is 5.72. The molecule has 23 heavy (non-hydrogen) atoms. The van der Waals surface area contributed by atoms with Crippen LogP contribution < -0.4 is 5.56 Å². The molecule has 0 fully saturated rings. The molecule has 0 radical (unpaired) electrons. The van der Waals surface area contributed by atoms with Crippen LogP contribution in [0.3, 0.4) is 0 Å². The molecule has 0 saturated heterocycles. The number of thiophene rings is 1. The summed E-state index contributed by atoms with van der Waals surface area (Å²) in [6.45, 7) is 4.01. The lowest BCUT2D eigenvalue weighted by Gasteiger charge is -2.06. The van der Waals surface area contributed by atoms with E-state index in [0.717, 1.165) is 23.4 Å². The van der Waals surface area contributed by atoms with E-state index in [0.29, 0.717) is 16.9 Å². The summed E-state index contributed by atoms with van der Waals surface area (Å²) in [5.74, 6) is 1.03.